The Bertz CT molecular complexity index is 1470. The van der Waals surface area contributed by atoms with Gasteiger partial charge in [0.2, 0.25) is 0 Å². The van der Waals surface area contributed by atoms with E-state index in [0.29, 0.717) is 24.7 Å². The van der Waals surface area contributed by atoms with E-state index < -0.39 is 0 Å². The fraction of sp³-hybridized carbons (Fsp3) is 0.308. The van der Waals surface area contributed by atoms with E-state index in [4.69, 9.17) is 0 Å². The number of amides is 1. The number of nitrogens with zero attached hydrogens (tertiary/aromatic N) is 6. The van der Waals surface area contributed by atoms with Crippen LogP contribution in [0.15, 0.2) is 53.5 Å². The van der Waals surface area contributed by atoms with Gasteiger partial charge in [0.25, 0.3) is 5.91 Å². The zero-order valence-electron chi connectivity index (χ0n) is 19.7. The third kappa shape index (κ3) is 4.90. The molecule has 0 aliphatic heterocycles. The van der Waals surface area contributed by atoms with Gasteiger partial charge in [-0.25, -0.2) is 0 Å². The number of hydrogen-bond acceptors (Lipinski definition) is 7. The zero-order valence-corrected chi connectivity index (χ0v) is 20.5. The van der Waals surface area contributed by atoms with Gasteiger partial charge < -0.3 is 10.3 Å². The van der Waals surface area contributed by atoms with Crippen LogP contribution in [-0.4, -0.2) is 41.1 Å². The Balaban J connectivity index is 1.05. The Hall–Kier alpha value is -3.92. The highest BCUT2D eigenvalue weighted by Gasteiger charge is 2.30. The first kappa shape index (κ1) is 22.5. The number of aromatic nitrogens is 7. The van der Waals surface area contributed by atoms with Gasteiger partial charge in [0, 0.05) is 29.4 Å². The summed E-state index contributed by atoms with van der Waals surface area (Å²) in [5.41, 5.74) is 6.83. The van der Waals surface area contributed by atoms with Crippen LogP contribution >= 0.6 is 11.3 Å². The van der Waals surface area contributed by atoms with Crippen molar-refractivity contribution < 1.29 is 4.79 Å². The molecule has 0 bridgehead atoms. The highest BCUT2D eigenvalue weighted by molar-refractivity contribution is 7.08. The van der Waals surface area contributed by atoms with Crippen LogP contribution in [0.3, 0.4) is 0 Å². The average Bonchev–Trinajstić information content (AvgIpc) is 3.28. The van der Waals surface area contributed by atoms with Crippen LogP contribution in [-0.2, 0) is 19.5 Å². The maximum Gasteiger partial charge on any atom is 0.273 e. The fourth-order valence-corrected chi connectivity index (χ4v) is 5.07. The van der Waals surface area contributed by atoms with E-state index in [0.717, 1.165) is 41.7 Å². The Labute approximate surface area is 212 Å². The third-order valence-corrected chi connectivity index (χ3v) is 7.11. The van der Waals surface area contributed by atoms with Crippen LogP contribution in [0.2, 0.25) is 0 Å². The molecule has 5 aromatic rings. The average molecular weight is 499 g/mol. The van der Waals surface area contributed by atoms with E-state index in [9.17, 15) is 4.79 Å². The second kappa shape index (κ2) is 9.98. The molecule has 5 aromatic heterocycles. The van der Waals surface area contributed by atoms with Gasteiger partial charge in [0.15, 0.2) is 11.3 Å². The Morgan fingerprint density at radius 3 is 2.89 bits per heavy atom. The normalized spacial score (nSPS) is 13.3. The number of carbonyl (C=O) groups excluding carboxylic acids is 1. The fourth-order valence-electron chi connectivity index (χ4n) is 4.42. The summed E-state index contributed by atoms with van der Waals surface area (Å²) in [6.45, 7) is 1.04. The van der Waals surface area contributed by atoms with Crippen LogP contribution in [0.5, 0.6) is 0 Å². The maximum atomic E-state index is 12.3. The van der Waals surface area contributed by atoms with E-state index in [2.05, 4.69) is 58.7 Å². The highest BCUT2D eigenvalue weighted by Crippen LogP contribution is 2.46. The van der Waals surface area contributed by atoms with Gasteiger partial charge in [-0.3, -0.25) is 14.5 Å². The van der Waals surface area contributed by atoms with Gasteiger partial charge in [-0.2, -0.15) is 16.4 Å². The van der Waals surface area contributed by atoms with E-state index in [-0.39, 0.29) is 5.91 Å². The monoisotopic (exact) mass is 498 g/mol. The minimum Gasteiger partial charge on any atom is -0.345 e. The molecule has 0 unspecified atom stereocenters. The van der Waals surface area contributed by atoms with Crippen molar-refractivity contribution in [3.63, 3.8) is 0 Å². The molecule has 0 spiro atoms. The summed E-state index contributed by atoms with van der Waals surface area (Å²) in [4.78, 5) is 20.1. The van der Waals surface area contributed by atoms with E-state index in [1.54, 1.807) is 28.4 Å². The third-order valence-electron chi connectivity index (χ3n) is 6.43. The van der Waals surface area contributed by atoms with Crippen LogP contribution < -0.4 is 5.32 Å². The largest absolute Gasteiger partial charge is 0.345 e. The molecule has 0 atom stereocenters. The maximum absolute atomic E-state index is 12.3. The minimum absolute atomic E-state index is 0.256. The molecule has 1 aliphatic rings. The van der Waals surface area contributed by atoms with Gasteiger partial charge in [-0.1, -0.05) is 11.3 Å². The number of rotatable bonds is 10. The van der Waals surface area contributed by atoms with Crippen molar-refractivity contribution in [2.75, 3.05) is 0 Å². The number of aromatic amines is 1. The summed E-state index contributed by atoms with van der Waals surface area (Å²) in [7, 11) is 0. The van der Waals surface area contributed by atoms with Crippen LogP contribution in [0.1, 0.15) is 59.2 Å². The molecule has 6 rings (SSSR count). The van der Waals surface area contributed by atoms with Crippen molar-refractivity contribution in [2.24, 2.45) is 0 Å². The molecular weight excluding hydrogens is 472 g/mol. The Morgan fingerprint density at radius 2 is 2.08 bits per heavy atom. The molecule has 5 heterocycles. The molecule has 1 saturated carbocycles. The molecule has 0 aromatic carbocycles. The van der Waals surface area contributed by atoms with Gasteiger partial charge >= 0.3 is 0 Å². The SMILES string of the molecule is O=C(NCc1ccccn1)c1cn(CCCCc2cc3c(-c4ccsc4)c(C4CC4)[nH]c3nn2)nn1. The molecular formula is C26H26N8OS. The van der Waals surface area contributed by atoms with Crippen LogP contribution in [0.25, 0.3) is 22.2 Å². The summed E-state index contributed by atoms with van der Waals surface area (Å²) < 4.78 is 1.72. The molecule has 9 nitrogen and oxygen atoms in total. The van der Waals surface area contributed by atoms with Crippen LogP contribution in [0, 0.1) is 0 Å². The summed E-state index contributed by atoms with van der Waals surface area (Å²) in [5.74, 6) is 0.358. The highest BCUT2D eigenvalue weighted by atomic mass is 32.1. The molecule has 182 valence electrons. The number of carbonyl (C=O) groups is 1. The summed E-state index contributed by atoms with van der Waals surface area (Å²) in [6, 6.07) is 9.97. The number of fused-ring (bicyclic) bond motifs is 1. The zero-order chi connectivity index (χ0) is 24.3. The van der Waals surface area contributed by atoms with Crippen molar-refractivity contribution in [2.45, 2.75) is 51.1 Å². The standard InChI is InChI=1S/C26H26N8OS/c35-26(28-14-20-6-1-3-10-27-20)22-15-34(33-31-22)11-4-2-5-19-13-21-23(18-9-12-36-16-18)24(17-7-8-17)29-25(21)32-30-19/h1,3,6,9-10,12-13,15-17H,2,4-5,7-8,11,14H2,(H,28,35)(H,29,32). The summed E-state index contributed by atoms with van der Waals surface area (Å²) in [5, 5.41) is 25.4. The minimum atomic E-state index is -0.256. The lowest BCUT2D eigenvalue weighted by atomic mass is 10.0. The number of thiophene rings is 1. The predicted molar refractivity (Wildman–Crippen MR) is 138 cm³/mol. The number of hydrogen-bond donors (Lipinski definition) is 2. The first-order valence-corrected chi connectivity index (χ1v) is 13.2. The first-order valence-electron chi connectivity index (χ1n) is 12.2. The van der Waals surface area contributed by atoms with E-state index in [1.807, 2.05) is 18.2 Å². The lowest BCUT2D eigenvalue weighted by Gasteiger charge is -2.03. The predicted octanol–water partition coefficient (Wildman–Crippen LogP) is 4.50. The molecule has 0 saturated heterocycles. The van der Waals surface area contributed by atoms with Gasteiger partial charge in [-0.15, -0.1) is 10.2 Å². The number of nitrogens with one attached hydrogen (secondary N) is 2. The molecule has 36 heavy (non-hydrogen) atoms. The van der Waals surface area contributed by atoms with E-state index in [1.165, 1.54) is 29.7 Å². The molecule has 1 fully saturated rings. The number of aryl methyl sites for hydroxylation is 2. The number of unbranched alkanes of at least 4 members (excludes halogenated alkanes) is 1. The topological polar surface area (TPSA) is 114 Å². The van der Waals surface area contributed by atoms with Crippen molar-refractivity contribution in [3.8, 4) is 11.1 Å². The lowest BCUT2D eigenvalue weighted by molar-refractivity contribution is 0.0945. The molecule has 10 heteroatoms. The quantitative estimate of drug-likeness (QED) is 0.274. The number of H-pyrrole nitrogens is 1. The van der Waals surface area contributed by atoms with Crippen molar-refractivity contribution in [1.82, 2.24) is 40.5 Å². The second-order valence-corrected chi connectivity index (χ2v) is 9.91. The van der Waals surface area contributed by atoms with Gasteiger partial charge in [0.05, 0.1) is 24.1 Å². The lowest BCUT2D eigenvalue weighted by Crippen LogP contribution is -2.23. The van der Waals surface area contributed by atoms with Crippen LogP contribution in [0.4, 0.5) is 0 Å². The van der Waals surface area contributed by atoms with Crippen molar-refractivity contribution in [3.05, 3.63) is 76.3 Å². The number of pyridine rings is 1. The Morgan fingerprint density at radius 1 is 1.14 bits per heavy atom. The molecule has 2 N–H and O–H groups in total. The molecule has 1 amide bonds. The summed E-state index contributed by atoms with van der Waals surface area (Å²) in [6.07, 6.45) is 8.53. The van der Waals surface area contributed by atoms with Crippen molar-refractivity contribution >= 4 is 28.3 Å². The van der Waals surface area contributed by atoms with Crippen molar-refractivity contribution in [1.29, 1.82) is 0 Å². The first-order chi connectivity index (χ1) is 17.7. The smallest absolute Gasteiger partial charge is 0.273 e. The van der Waals surface area contributed by atoms with Gasteiger partial charge in [0.1, 0.15) is 0 Å². The second-order valence-electron chi connectivity index (χ2n) is 9.13. The molecule has 0 radical (unpaired) electrons. The summed E-state index contributed by atoms with van der Waals surface area (Å²) >= 11 is 1.72. The molecule has 1 aliphatic carbocycles. The van der Waals surface area contributed by atoms with E-state index >= 15 is 0 Å². The Kier molecular flexibility index (Phi) is 6.25. The van der Waals surface area contributed by atoms with Gasteiger partial charge in [-0.05, 0) is 78.6 Å².